The van der Waals surface area contributed by atoms with Crippen LogP contribution in [0.3, 0.4) is 0 Å². The molecule has 10 heteroatoms. The van der Waals surface area contributed by atoms with Crippen molar-refractivity contribution in [2.24, 2.45) is 0 Å². The molecular formula is C27H32F2N7Na. The molecule has 0 atom stereocenters. The van der Waals surface area contributed by atoms with Gasteiger partial charge in [0.15, 0.2) is 5.82 Å². The van der Waals surface area contributed by atoms with Gasteiger partial charge in [-0.2, -0.15) is 0 Å². The number of fused-ring (bicyclic) bond motifs is 1. The molecule has 37 heavy (non-hydrogen) atoms. The second-order valence-corrected chi connectivity index (χ2v) is 9.66. The molecule has 0 bridgehead atoms. The molecule has 0 spiro atoms. The van der Waals surface area contributed by atoms with Crippen molar-refractivity contribution >= 4 is 22.7 Å². The maximum atomic E-state index is 15.0. The monoisotopic (exact) mass is 515 g/mol. The first-order valence-corrected chi connectivity index (χ1v) is 12.5. The number of aromatic nitrogens is 4. The first-order valence-electron chi connectivity index (χ1n) is 12.5. The first-order chi connectivity index (χ1) is 17.3. The van der Waals surface area contributed by atoms with Gasteiger partial charge in [0.25, 0.3) is 0 Å². The van der Waals surface area contributed by atoms with Crippen molar-refractivity contribution in [1.82, 2.24) is 29.3 Å². The normalized spacial score (nSPS) is 14.9. The fourth-order valence-corrected chi connectivity index (χ4v) is 4.99. The summed E-state index contributed by atoms with van der Waals surface area (Å²) >= 11 is 0. The molecule has 1 aliphatic rings. The Hall–Kier alpha value is -2.30. The number of imidazole rings is 1. The zero-order valence-corrected chi connectivity index (χ0v) is 24.2. The van der Waals surface area contributed by atoms with E-state index in [9.17, 15) is 8.78 Å². The third-order valence-corrected chi connectivity index (χ3v) is 6.86. The minimum absolute atomic E-state index is 0. The molecule has 1 N–H and O–H groups in total. The van der Waals surface area contributed by atoms with Crippen molar-refractivity contribution in [3.63, 3.8) is 0 Å². The summed E-state index contributed by atoms with van der Waals surface area (Å²) in [5.41, 5.74) is 2.62. The van der Waals surface area contributed by atoms with Crippen LogP contribution in [-0.4, -0.2) is 57.1 Å². The number of hydrogen-bond acceptors (Lipinski definition) is 5. The molecule has 0 unspecified atom stereocenters. The number of hydrogen-bond donors (Lipinski definition) is 1. The Bertz CT molecular complexity index is 1370. The number of benzene rings is 1. The second-order valence-electron chi connectivity index (χ2n) is 9.66. The van der Waals surface area contributed by atoms with Crippen LogP contribution in [0.5, 0.6) is 0 Å². The predicted octanol–water partition coefficient (Wildman–Crippen LogP) is 2.11. The Labute approximate surface area is 238 Å². The van der Waals surface area contributed by atoms with Crippen LogP contribution in [-0.2, 0) is 6.54 Å². The molecule has 1 aliphatic heterocycles. The van der Waals surface area contributed by atoms with E-state index in [-0.39, 0.29) is 41.2 Å². The number of nitrogens with one attached hydrogen (secondary N) is 1. The largest absolute Gasteiger partial charge is 1.00 e. The smallest absolute Gasteiger partial charge is 0.442 e. The third kappa shape index (κ3) is 5.91. The van der Waals surface area contributed by atoms with Gasteiger partial charge in [0.05, 0.1) is 11.7 Å². The molecule has 4 aromatic rings. The van der Waals surface area contributed by atoms with Crippen molar-refractivity contribution in [1.29, 1.82) is 0 Å². The third-order valence-electron chi connectivity index (χ3n) is 6.86. The number of likely N-dealkylation sites (N-methyl/N-ethyl adjacent to an activating group) is 1. The molecule has 1 fully saturated rings. The van der Waals surface area contributed by atoms with Gasteiger partial charge in [0.2, 0.25) is 0 Å². The number of piperazine rings is 1. The standard InChI is InChI=1S/C27H32F2N7.Na/c1-5-34-8-10-35(11-9-34)16-20-6-7-25(32-20)33-26-14-21(23(29)15-30-26)19-12-22(28)27-24(13-19)36(17(2)3)18(4)31-27;/h6-7,12-15,17H,5,8-11,16H2,1-4H3,(H,30,33);/q-1;+1. The van der Waals surface area contributed by atoms with E-state index in [1.165, 1.54) is 6.07 Å². The zero-order chi connectivity index (χ0) is 25.4. The van der Waals surface area contributed by atoms with E-state index in [4.69, 9.17) is 0 Å². The second kappa shape index (κ2) is 11.6. The average molecular weight is 516 g/mol. The predicted molar refractivity (Wildman–Crippen MR) is 138 cm³/mol. The topological polar surface area (TPSA) is 63.3 Å². The molecule has 1 aromatic carbocycles. The van der Waals surface area contributed by atoms with Gasteiger partial charge < -0.3 is 19.8 Å². The molecule has 4 heterocycles. The summed E-state index contributed by atoms with van der Waals surface area (Å²) in [6, 6.07) is 8.71. The average Bonchev–Trinajstić information content (AvgIpc) is 3.44. The van der Waals surface area contributed by atoms with Gasteiger partial charge >= 0.3 is 29.6 Å². The SMILES string of the molecule is CCN1CCN(Cc2ccc(Nc3cc(-c4cc(F)c5nc(C)n(C(C)C)c5c4)c(F)cn3)[n-]2)CC1.[Na+]. The van der Waals surface area contributed by atoms with Crippen LogP contribution in [0.1, 0.15) is 38.3 Å². The van der Waals surface area contributed by atoms with E-state index in [0.29, 0.717) is 28.2 Å². The number of halogens is 2. The molecule has 3 aromatic heterocycles. The maximum absolute atomic E-state index is 15.0. The summed E-state index contributed by atoms with van der Waals surface area (Å²) < 4.78 is 31.8. The summed E-state index contributed by atoms with van der Waals surface area (Å²) in [6.45, 7) is 14.2. The van der Waals surface area contributed by atoms with Gasteiger partial charge in [-0.3, -0.25) is 9.88 Å². The summed E-state index contributed by atoms with van der Waals surface area (Å²) in [5.74, 6) is 0.824. The van der Waals surface area contributed by atoms with Crippen LogP contribution >= 0.6 is 0 Å². The fraction of sp³-hybridized carbons (Fsp3) is 0.407. The Morgan fingerprint density at radius 2 is 1.76 bits per heavy atom. The molecule has 190 valence electrons. The van der Waals surface area contributed by atoms with E-state index in [1.807, 2.05) is 37.5 Å². The van der Waals surface area contributed by atoms with Gasteiger partial charge in [-0.25, -0.2) is 13.8 Å². The molecule has 1 saturated heterocycles. The minimum Gasteiger partial charge on any atom is -0.442 e. The summed E-state index contributed by atoms with van der Waals surface area (Å²) in [6.07, 6.45) is 1.15. The van der Waals surface area contributed by atoms with Crippen LogP contribution in [0.4, 0.5) is 20.4 Å². The van der Waals surface area contributed by atoms with Gasteiger partial charge in [-0.05, 0) is 51.1 Å². The van der Waals surface area contributed by atoms with E-state index in [0.717, 1.165) is 57.0 Å². The molecule has 0 saturated carbocycles. The van der Waals surface area contributed by atoms with Gasteiger partial charge in [-0.1, -0.05) is 30.6 Å². The Balaban J connectivity index is 0.00000320. The van der Waals surface area contributed by atoms with Gasteiger partial charge in [0.1, 0.15) is 17.2 Å². The Morgan fingerprint density at radius 1 is 1.03 bits per heavy atom. The first kappa shape index (κ1) is 27.7. The molecule has 0 radical (unpaired) electrons. The molecule has 0 amide bonds. The Kier molecular flexibility index (Phi) is 8.70. The van der Waals surface area contributed by atoms with Crippen molar-refractivity contribution in [2.45, 2.75) is 40.3 Å². The van der Waals surface area contributed by atoms with Crippen LogP contribution in [0, 0.1) is 18.6 Å². The summed E-state index contributed by atoms with van der Waals surface area (Å²) in [5, 5.41) is 3.17. The van der Waals surface area contributed by atoms with Crippen LogP contribution in [0.25, 0.3) is 22.2 Å². The van der Waals surface area contributed by atoms with Crippen LogP contribution < -0.4 is 39.9 Å². The molecule has 5 rings (SSSR count). The molecular weight excluding hydrogens is 483 g/mol. The number of pyridine rings is 1. The van der Waals surface area contributed by atoms with E-state index in [2.05, 4.69) is 37.0 Å². The Morgan fingerprint density at radius 3 is 2.46 bits per heavy atom. The molecule has 7 nitrogen and oxygen atoms in total. The van der Waals surface area contributed by atoms with Crippen molar-refractivity contribution in [2.75, 3.05) is 38.0 Å². The van der Waals surface area contributed by atoms with Crippen LogP contribution in [0.15, 0.2) is 36.5 Å². The number of nitrogens with zero attached hydrogens (tertiary/aromatic N) is 6. The summed E-state index contributed by atoms with van der Waals surface area (Å²) in [4.78, 5) is 18.1. The van der Waals surface area contributed by atoms with Crippen molar-refractivity contribution in [3.05, 3.63) is 59.7 Å². The minimum atomic E-state index is -0.519. The zero-order valence-electron chi connectivity index (χ0n) is 22.2. The van der Waals surface area contributed by atoms with Crippen molar-refractivity contribution in [3.8, 4) is 11.1 Å². The number of rotatable bonds is 7. The fourth-order valence-electron chi connectivity index (χ4n) is 4.99. The van der Waals surface area contributed by atoms with Gasteiger partial charge in [-0.15, -0.1) is 0 Å². The van der Waals surface area contributed by atoms with Crippen LogP contribution in [0.2, 0.25) is 0 Å². The number of aryl methyl sites for hydroxylation is 1. The molecule has 0 aliphatic carbocycles. The maximum Gasteiger partial charge on any atom is 1.00 e. The van der Waals surface area contributed by atoms with E-state index < -0.39 is 11.6 Å². The van der Waals surface area contributed by atoms with Crippen molar-refractivity contribution < 1.29 is 38.3 Å². The van der Waals surface area contributed by atoms with E-state index in [1.54, 1.807) is 12.1 Å². The van der Waals surface area contributed by atoms with E-state index >= 15 is 0 Å². The van der Waals surface area contributed by atoms with Gasteiger partial charge in [0, 0.05) is 50.1 Å². The number of anilines is 2. The summed E-state index contributed by atoms with van der Waals surface area (Å²) in [7, 11) is 0. The quantitative estimate of drug-likeness (QED) is 0.381.